The van der Waals surface area contributed by atoms with Gasteiger partial charge in [-0.1, -0.05) is 24.3 Å². The van der Waals surface area contributed by atoms with Gasteiger partial charge in [0, 0.05) is 10.9 Å². The first-order valence-corrected chi connectivity index (χ1v) is 4.97. The van der Waals surface area contributed by atoms with Gasteiger partial charge >= 0.3 is 0 Å². The van der Waals surface area contributed by atoms with E-state index in [-0.39, 0.29) is 11.8 Å². The molecule has 0 unspecified atom stereocenters. The zero-order valence-electron chi connectivity index (χ0n) is 8.97. The molecule has 0 heterocycles. The van der Waals surface area contributed by atoms with E-state index in [0.717, 1.165) is 10.9 Å². The molecule has 2 rings (SSSR count). The maximum Gasteiger partial charge on any atom is 0.211 e. The van der Waals surface area contributed by atoms with Crippen molar-refractivity contribution >= 4 is 22.9 Å². The van der Waals surface area contributed by atoms with Crippen molar-refractivity contribution in [3.63, 3.8) is 0 Å². The van der Waals surface area contributed by atoms with Gasteiger partial charge in [0.2, 0.25) is 5.96 Å². The molecule has 0 saturated carbocycles. The Labute approximate surface area is 97.4 Å². The summed E-state index contributed by atoms with van der Waals surface area (Å²) in [5.74, 6) is -0.382. The van der Waals surface area contributed by atoms with E-state index >= 15 is 0 Å². The Morgan fingerprint density at radius 3 is 2.47 bits per heavy atom. The first-order valence-electron chi connectivity index (χ1n) is 4.97. The lowest BCUT2D eigenvalue weighted by Gasteiger charge is -2.02. The molecule has 0 aliphatic carbocycles. The van der Waals surface area contributed by atoms with Crippen molar-refractivity contribution in [1.29, 1.82) is 0 Å². The number of hydrogen-bond donors (Lipinski definition) is 2. The molecule has 17 heavy (non-hydrogen) atoms. The average molecular weight is 230 g/mol. The normalized spacial score (nSPS) is 10.9. The summed E-state index contributed by atoms with van der Waals surface area (Å²) in [4.78, 5) is 0. The lowest BCUT2D eigenvalue weighted by atomic mass is 10.1. The molecule has 5 heteroatoms. The maximum absolute atomic E-state index is 13.5. The second-order valence-corrected chi connectivity index (χ2v) is 3.45. The summed E-state index contributed by atoms with van der Waals surface area (Å²) in [5.41, 5.74) is 11.1. The molecule has 0 aliphatic rings. The molecule has 0 aliphatic heterocycles. The fourth-order valence-corrected chi connectivity index (χ4v) is 1.56. The molecule has 4 N–H and O–H groups in total. The van der Waals surface area contributed by atoms with Crippen molar-refractivity contribution in [2.75, 3.05) is 0 Å². The third-order valence-corrected chi connectivity index (χ3v) is 2.27. The lowest BCUT2D eigenvalue weighted by molar-refractivity contribution is 0.640. The van der Waals surface area contributed by atoms with Gasteiger partial charge < -0.3 is 11.5 Å². The molecule has 0 aromatic heterocycles. The van der Waals surface area contributed by atoms with E-state index in [2.05, 4.69) is 10.2 Å². The number of guanidine groups is 1. The Kier molecular flexibility index (Phi) is 3.00. The van der Waals surface area contributed by atoms with Gasteiger partial charge in [0.15, 0.2) is 0 Å². The first-order chi connectivity index (χ1) is 8.18. The summed E-state index contributed by atoms with van der Waals surface area (Å²) in [5, 5.41) is 8.52. The Morgan fingerprint density at radius 2 is 1.76 bits per heavy atom. The maximum atomic E-state index is 13.5. The Bertz CT molecular complexity index is 600. The second kappa shape index (κ2) is 4.61. The molecule has 0 fully saturated rings. The molecule has 0 saturated heterocycles. The van der Waals surface area contributed by atoms with Gasteiger partial charge in [-0.15, -0.1) is 5.10 Å². The summed E-state index contributed by atoms with van der Waals surface area (Å²) in [6.45, 7) is 0. The monoisotopic (exact) mass is 230 g/mol. The van der Waals surface area contributed by atoms with Gasteiger partial charge in [0.05, 0.1) is 6.21 Å². The third-order valence-electron chi connectivity index (χ3n) is 2.27. The van der Waals surface area contributed by atoms with E-state index in [4.69, 9.17) is 11.5 Å². The van der Waals surface area contributed by atoms with E-state index in [0.29, 0.717) is 5.39 Å². The SMILES string of the molecule is NC(N)=NN=Cc1ccc(F)c2ccccc12. The van der Waals surface area contributed by atoms with Crippen molar-refractivity contribution in [3.8, 4) is 0 Å². The minimum atomic E-state index is -0.264. The highest BCUT2D eigenvalue weighted by Crippen LogP contribution is 2.20. The van der Waals surface area contributed by atoms with Gasteiger partial charge in [-0.25, -0.2) is 4.39 Å². The molecule has 0 atom stereocenters. The van der Waals surface area contributed by atoms with Crippen LogP contribution in [0.4, 0.5) is 4.39 Å². The van der Waals surface area contributed by atoms with Crippen LogP contribution in [0, 0.1) is 5.82 Å². The van der Waals surface area contributed by atoms with E-state index in [1.165, 1.54) is 12.3 Å². The Hall–Kier alpha value is -2.43. The quantitative estimate of drug-likeness (QED) is 0.467. The minimum absolute atomic E-state index is 0.118. The molecule has 0 amide bonds. The van der Waals surface area contributed by atoms with E-state index in [1.807, 2.05) is 12.1 Å². The standard InChI is InChI=1S/C12H11FN4/c13-11-6-5-8(7-16-17-12(14)15)9-3-1-2-4-10(9)11/h1-7H,(H4,14,15,17). The van der Waals surface area contributed by atoms with Crippen molar-refractivity contribution in [2.24, 2.45) is 21.7 Å². The highest BCUT2D eigenvalue weighted by Gasteiger charge is 2.02. The van der Waals surface area contributed by atoms with Crippen molar-refractivity contribution in [1.82, 2.24) is 0 Å². The average Bonchev–Trinajstić information content (AvgIpc) is 2.32. The largest absolute Gasteiger partial charge is 0.369 e. The number of rotatable bonds is 2. The van der Waals surface area contributed by atoms with E-state index in [1.54, 1.807) is 18.2 Å². The predicted octanol–water partition coefficient (Wildman–Crippen LogP) is 1.59. The number of nitrogens with zero attached hydrogens (tertiary/aromatic N) is 2. The number of hydrogen-bond acceptors (Lipinski definition) is 2. The summed E-state index contributed by atoms with van der Waals surface area (Å²) in [6, 6.07) is 10.2. The van der Waals surface area contributed by atoms with Gasteiger partial charge in [0.1, 0.15) is 5.82 Å². The molecule has 2 aromatic rings. The summed E-state index contributed by atoms with van der Waals surface area (Å²) in [6.07, 6.45) is 1.49. The molecule has 2 aromatic carbocycles. The molecule has 4 nitrogen and oxygen atoms in total. The van der Waals surface area contributed by atoms with Crippen LogP contribution in [0.2, 0.25) is 0 Å². The van der Waals surface area contributed by atoms with Crippen LogP contribution < -0.4 is 11.5 Å². The van der Waals surface area contributed by atoms with Gasteiger partial charge in [-0.2, -0.15) is 5.10 Å². The molecular weight excluding hydrogens is 219 g/mol. The highest BCUT2D eigenvalue weighted by atomic mass is 19.1. The fraction of sp³-hybridized carbons (Fsp3) is 0. The van der Waals surface area contributed by atoms with Crippen molar-refractivity contribution in [2.45, 2.75) is 0 Å². The van der Waals surface area contributed by atoms with Gasteiger partial charge in [-0.3, -0.25) is 0 Å². The van der Waals surface area contributed by atoms with Crippen LogP contribution in [-0.2, 0) is 0 Å². The molecule has 0 bridgehead atoms. The van der Waals surface area contributed by atoms with E-state index < -0.39 is 0 Å². The van der Waals surface area contributed by atoms with Crippen LogP contribution in [0.1, 0.15) is 5.56 Å². The molecule has 0 spiro atoms. The summed E-state index contributed by atoms with van der Waals surface area (Å²) in [7, 11) is 0. The minimum Gasteiger partial charge on any atom is -0.369 e. The highest BCUT2D eigenvalue weighted by molar-refractivity contribution is 6.00. The van der Waals surface area contributed by atoms with Gasteiger partial charge in [-0.05, 0) is 17.5 Å². The van der Waals surface area contributed by atoms with Crippen LogP contribution in [0.5, 0.6) is 0 Å². The molecule has 0 radical (unpaired) electrons. The second-order valence-electron chi connectivity index (χ2n) is 3.45. The Morgan fingerprint density at radius 1 is 1.06 bits per heavy atom. The van der Waals surface area contributed by atoms with Crippen molar-refractivity contribution < 1.29 is 4.39 Å². The summed E-state index contributed by atoms with van der Waals surface area (Å²) >= 11 is 0. The van der Waals surface area contributed by atoms with Gasteiger partial charge in [0.25, 0.3) is 0 Å². The fourth-order valence-electron chi connectivity index (χ4n) is 1.56. The number of fused-ring (bicyclic) bond motifs is 1. The molecule has 86 valence electrons. The van der Waals surface area contributed by atoms with E-state index in [9.17, 15) is 4.39 Å². The zero-order valence-corrected chi connectivity index (χ0v) is 8.97. The zero-order chi connectivity index (χ0) is 12.3. The van der Waals surface area contributed by atoms with Crippen LogP contribution in [0.15, 0.2) is 46.6 Å². The third kappa shape index (κ3) is 2.39. The first kappa shape index (κ1) is 11.1. The number of benzene rings is 2. The van der Waals surface area contributed by atoms with Crippen LogP contribution in [-0.4, -0.2) is 12.2 Å². The smallest absolute Gasteiger partial charge is 0.211 e. The Balaban J connectivity index is 2.52. The number of halogens is 1. The topological polar surface area (TPSA) is 76.8 Å². The summed E-state index contributed by atoms with van der Waals surface area (Å²) < 4.78 is 13.5. The van der Waals surface area contributed by atoms with Crippen molar-refractivity contribution in [3.05, 3.63) is 47.8 Å². The van der Waals surface area contributed by atoms with Crippen LogP contribution in [0.25, 0.3) is 10.8 Å². The van der Waals surface area contributed by atoms with Crippen LogP contribution >= 0.6 is 0 Å². The lowest BCUT2D eigenvalue weighted by Crippen LogP contribution is -2.21. The predicted molar refractivity (Wildman–Crippen MR) is 67.3 cm³/mol. The number of nitrogens with two attached hydrogens (primary N) is 2. The molecular formula is C12H11FN4. The van der Waals surface area contributed by atoms with Crippen LogP contribution in [0.3, 0.4) is 0 Å².